The maximum Gasteiger partial charge on any atom is 0.494 e. The lowest BCUT2D eigenvalue weighted by atomic mass is 9.79. The van der Waals surface area contributed by atoms with Gasteiger partial charge in [-0.05, 0) is 178 Å². The lowest BCUT2D eigenvalue weighted by Crippen LogP contribution is -2.41. The van der Waals surface area contributed by atoms with Crippen molar-refractivity contribution in [3.8, 4) is 114 Å². The molecule has 0 spiro atoms. The van der Waals surface area contributed by atoms with E-state index in [1.165, 1.54) is 49.3 Å². The molecule has 12 nitrogen and oxygen atoms in total. The van der Waals surface area contributed by atoms with E-state index >= 15 is 0 Å². The third kappa shape index (κ3) is 14.7. The molecule has 1 aliphatic rings. The molecule has 5 heterocycles. The topological polar surface area (TPSA) is 124 Å². The minimum Gasteiger partial charge on any atom is -0.457 e. The summed E-state index contributed by atoms with van der Waals surface area (Å²) in [4.78, 5) is 28.8. The summed E-state index contributed by atoms with van der Waals surface area (Å²) in [7, 11) is -0.403. The first-order valence-corrected chi connectivity index (χ1v) is 37.4. The second kappa shape index (κ2) is 30.6. The molecule has 0 amide bonds. The van der Waals surface area contributed by atoms with Gasteiger partial charge in [0.2, 0.25) is 0 Å². The van der Waals surface area contributed by atoms with Crippen molar-refractivity contribution >= 4 is 72.1 Å². The summed E-state index contributed by atoms with van der Waals surface area (Å²) >= 11 is 3.50. The Morgan fingerprint density at radius 1 is 0.255 bits per heavy atom. The lowest BCUT2D eigenvalue weighted by molar-refractivity contribution is 0.00578. The van der Waals surface area contributed by atoms with Crippen molar-refractivity contribution in [1.29, 1.82) is 0 Å². The largest absolute Gasteiger partial charge is 0.494 e. The van der Waals surface area contributed by atoms with E-state index in [0.717, 1.165) is 77.4 Å². The smallest absolute Gasteiger partial charge is 0.457 e. The lowest BCUT2D eigenvalue weighted by Gasteiger charge is -2.32. The molecule has 1 fully saturated rings. The minimum atomic E-state index is -0.403. The molecule has 4 aromatic heterocycles. The molecule has 1 saturated heterocycles. The van der Waals surface area contributed by atoms with E-state index in [4.69, 9.17) is 48.7 Å². The molecule has 18 aromatic rings. The van der Waals surface area contributed by atoms with Gasteiger partial charge in [0.15, 0.2) is 34.9 Å². The highest BCUT2D eigenvalue weighted by molar-refractivity contribution is 9.10. The van der Waals surface area contributed by atoms with Crippen LogP contribution in [-0.2, 0) is 9.31 Å². The predicted molar refractivity (Wildman–Crippen MR) is 449 cm³/mol. The first-order valence-electron chi connectivity index (χ1n) is 36.6. The van der Waals surface area contributed by atoms with E-state index < -0.39 is 7.12 Å². The Hall–Kier alpha value is -13.2. The number of para-hydroxylation sites is 4. The average molecular weight is 1490 g/mol. The van der Waals surface area contributed by atoms with Gasteiger partial charge >= 0.3 is 7.12 Å². The van der Waals surface area contributed by atoms with Crippen LogP contribution in [0.4, 0.5) is 0 Å². The molecule has 110 heavy (non-hydrogen) atoms. The van der Waals surface area contributed by atoms with Gasteiger partial charge in [0.05, 0.1) is 33.3 Å². The number of fused-ring (bicyclic) bond motifs is 6. The van der Waals surface area contributed by atoms with E-state index in [1.54, 1.807) is 0 Å². The third-order valence-electron chi connectivity index (χ3n) is 20.1. The SMILES string of the molecule is Brc1ccc(-n2c3ccccc3c3ccccc32)cc1.CC1(C)OB(c2ccc(Oc3ccc(-c4nc(-c5ccccc5)nc(-c5ccccc5)n4)cc3)cc2)OC1(C)C.c1ccc(-c2nc(-c3ccccc3)nc(-c3ccc(Oc4ccc(-c5ccc(-n6c7ccccc7c7ccccc76)cc5)cc4)cc3)n2)cc1. The summed E-state index contributed by atoms with van der Waals surface area (Å²) in [5.41, 5.74) is 15.2. The van der Waals surface area contributed by atoms with Crippen molar-refractivity contribution < 1.29 is 18.8 Å². The number of rotatable bonds is 14. The van der Waals surface area contributed by atoms with Crippen LogP contribution >= 0.6 is 15.9 Å². The van der Waals surface area contributed by atoms with Gasteiger partial charge in [-0.1, -0.05) is 246 Å². The zero-order valence-corrected chi connectivity index (χ0v) is 62.4. The molecule has 14 aromatic carbocycles. The molecule has 0 unspecified atom stereocenters. The molecule has 0 bridgehead atoms. The maximum absolute atomic E-state index is 6.24. The highest BCUT2D eigenvalue weighted by Gasteiger charge is 2.51. The maximum atomic E-state index is 6.24. The van der Waals surface area contributed by atoms with Gasteiger partial charge in [0.25, 0.3) is 0 Å². The highest BCUT2D eigenvalue weighted by atomic mass is 79.9. The second-order valence-corrected chi connectivity index (χ2v) is 28.7. The van der Waals surface area contributed by atoms with Crippen molar-refractivity contribution in [2.75, 3.05) is 0 Å². The van der Waals surface area contributed by atoms with Gasteiger partial charge in [0, 0.05) is 70.8 Å². The number of nitrogens with zero attached hydrogens (tertiary/aromatic N) is 8. The van der Waals surface area contributed by atoms with E-state index in [9.17, 15) is 0 Å². The number of aromatic nitrogens is 8. The van der Waals surface area contributed by atoms with Crippen LogP contribution in [0, 0.1) is 0 Å². The number of hydrogen-bond donors (Lipinski definition) is 0. The molecule has 0 radical (unpaired) electrons. The van der Waals surface area contributed by atoms with Crippen molar-refractivity contribution in [3.63, 3.8) is 0 Å². The van der Waals surface area contributed by atoms with Crippen molar-refractivity contribution in [2.24, 2.45) is 0 Å². The van der Waals surface area contributed by atoms with Crippen LogP contribution in [0.5, 0.6) is 23.0 Å². The summed E-state index contributed by atoms with van der Waals surface area (Å²) in [5.74, 6) is 6.69. The number of hydrogen-bond acceptors (Lipinski definition) is 10. The van der Waals surface area contributed by atoms with Crippen LogP contribution in [0.15, 0.2) is 368 Å². The molecule has 19 rings (SSSR count). The zero-order chi connectivity index (χ0) is 74.6. The van der Waals surface area contributed by atoms with E-state index in [-0.39, 0.29) is 11.2 Å². The fourth-order valence-electron chi connectivity index (χ4n) is 13.7. The number of benzene rings is 14. The van der Waals surface area contributed by atoms with Crippen molar-refractivity contribution in [1.82, 2.24) is 39.0 Å². The van der Waals surface area contributed by atoms with E-state index in [0.29, 0.717) is 40.7 Å². The Labute approximate surface area is 646 Å². The first kappa shape index (κ1) is 69.8. The quantitative estimate of drug-likeness (QED) is 0.0972. The van der Waals surface area contributed by atoms with Crippen molar-refractivity contribution in [3.05, 3.63) is 368 Å². The van der Waals surface area contributed by atoms with Crippen LogP contribution in [0.1, 0.15) is 27.7 Å². The normalized spacial score (nSPS) is 12.8. The van der Waals surface area contributed by atoms with E-state index in [1.807, 2.05) is 206 Å². The Morgan fingerprint density at radius 2 is 0.482 bits per heavy atom. The van der Waals surface area contributed by atoms with Gasteiger partial charge in [-0.3, -0.25) is 0 Å². The summed E-state index contributed by atoms with van der Waals surface area (Å²) < 4.78 is 30.4. The van der Waals surface area contributed by atoms with Gasteiger partial charge in [-0.2, -0.15) is 0 Å². The Balaban J connectivity index is 0.000000131. The molecule has 0 aliphatic carbocycles. The standard InChI is InChI=1S/C45H30N4O.C33H30BN3O3.C18H12BrN/c1-3-11-33(12-4-1)43-46-44(34-13-5-2-6-14-34)48-45(47-43)35-23-29-38(30-24-35)50-37-27-21-32(22-28-37)31-19-25-36(26-20-31)49-41-17-9-7-15-39(41)40-16-8-10-18-42(40)49;1-32(2)33(3,4)40-34(39-32)26-17-21-28(22-18-26)38-27-19-15-25(16-20-27)31-36-29(23-11-7-5-8-12-23)35-30(37-31)24-13-9-6-10-14-24;19-13-9-11-14(12-10-13)20-17-7-3-1-5-15(17)16-6-2-4-8-18(16)20/h1-30H;5-22H,1-4H3;1-12H. The fourth-order valence-corrected chi connectivity index (χ4v) is 13.9. The van der Waals surface area contributed by atoms with Crippen molar-refractivity contribution in [2.45, 2.75) is 38.9 Å². The number of ether oxygens (including phenoxy) is 2. The van der Waals surface area contributed by atoms with Crippen LogP contribution in [0.2, 0.25) is 0 Å². The monoisotopic (exact) mass is 1490 g/mol. The van der Waals surface area contributed by atoms with Crippen LogP contribution in [0.25, 0.3) is 134 Å². The third-order valence-corrected chi connectivity index (χ3v) is 20.6. The second-order valence-electron chi connectivity index (χ2n) is 27.8. The summed E-state index contributed by atoms with van der Waals surface area (Å²) in [6, 6.07) is 123. The van der Waals surface area contributed by atoms with Crippen LogP contribution in [-0.4, -0.2) is 57.4 Å². The summed E-state index contributed by atoms with van der Waals surface area (Å²) in [6.07, 6.45) is 0. The minimum absolute atomic E-state index is 0.378. The highest BCUT2D eigenvalue weighted by Crippen LogP contribution is 2.39. The van der Waals surface area contributed by atoms with Crippen LogP contribution < -0.4 is 14.9 Å². The summed E-state index contributed by atoms with van der Waals surface area (Å²) in [5, 5.41) is 5.12. The Bertz CT molecular complexity index is 6020. The molecule has 0 N–H and O–H groups in total. The molecule has 530 valence electrons. The number of halogens is 1. The summed E-state index contributed by atoms with van der Waals surface area (Å²) in [6.45, 7) is 8.21. The molecule has 14 heteroatoms. The average Bonchev–Trinajstić information content (AvgIpc) is 1.61. The molecule has 0 atom stereocenters. The Morgan fingerprint density at radius 3 is 0.773 bits per heavy atom. The van der Waals surface area contributed by atoms with Gasteiger partial charge in [0.1, 0.15) is 23.0 Å². The first-order chi connectivity index (χ1) is 53.9. The van der Waals surface area contributed by atoms with Crippen LogP contribution in [0.3, 0.4) is 0 Å². The molecule has 1 aliphatic heterocycles. The van der Waals surface area contributed by atoms with E-state index in [2.05, 4.69) is 210 Å². The molecular formula is C96H72BBrN8O4. The van der Waals surface area contributed by atoms with Gasteiger partial charge < -0.3 is 27.9 Å². The zero-order valence-electron chi connectivity index (χ0n) is 60.8. The Kier molecular flexibility index (Phi) is 19.4. The van der Waals surface area contributed by atoms with Gasteiger partial charge in [-0.15, -0.1) is 0 Å². The predicted octanol–water partition coefficient (Wildman–Crippen LogP) is 23.9. The molecular weight excluding hydrogens is 1420 g/mol. The van der Waals surface area contributed by atoms with Gasteiger partial charge in [-0.25, -0.2) is 29.9 Å². The fraction of sp³-hybridized carbons (Fsp3) is 0.0625. The molecule has 0 saturated carbocycles.